The molecule has 2 rings (SSSR count). The van der Waals surface area contributed by atoms with Crippen molar-refractivity contribution in [3.63, 3.8) is 0 Å². The summed E-state index contributed by atoms with van der Waals surface area (Å²) >= 11 is 0. The van der Waals surface area contributed by atoms with Crippen LogP contribution in [0.25, 0.3) is 0 Å². The van der Waals surface area contributed by atoms with Crippen LogP contribution >= 0.6 is 0 Å². The molecule has 162 valence electrons. The molecule has 8 nitrogen and oxygen atoms in total. The molecule has 1 aromatic rings. The molecule has 0 atom stereocenters. The van der Waals surface area contributed by atoms with Gasteiger partial charge in [-0.2, -0.15) is 0 Å². The molecular formula is C20H30N2O6S. The van der Waals surface area contributed by atoms with Crippen molar-refractivity contribution >= 4 is 21.9 Å². The van der Waals surface area contributed by atoms with E-state index in [0.29, 0.717) is 44.8 Å². The number of nitrogens with one attached hydrogen (secondary N) is 1. The Morgan fingerprint density at radius 3 is 2.38 bits per heavy atom. The van der Waals surface area contributed by atoms with Crippen molar-refractivity contribution in [2.45, 2.75) is 44.4 Å². The van der Waals surface area contributed by atoms with Gasteiger partial charge in [0.05, 0.1) is 17.4 Å². The zero-order valence-corrected chi connectivity index (χ0v) is 17.9. The predicted molar refractivity (Wildman–Crippen MR) is 108 cm³/mol. The average molecular weight is 427 g/mol. The SMILES string of the molecule is CCCCNS(=O)(=O)c1ccc(OCC(=O)N2CCC(C(=O)OCC)CC2)cc1. The van der Waals surface area contributed by atoms with Crippen molar-refractivity contribution in [2.24, 2.45) is 5.92 Å². The average Bonchev–Trinajstić information content (AvgIpc) is 2.72. The Kier molecular flexibility index (Phi) is 8.91. The first-order valence-electron chi connectivity index (χ1n) is 10.0. The minimum absolute atomic E-state index is 0.134. The van der Waals surface area contributed by atoms with Gasteiger partial charge in [0, 0.05) is 19.6 Å². The van der Waals surface area contributed by atoms with Gasteiger partial charge >= 0.3 is 5.97 Å². The molecule has 1 aromatic carbocycles. The molecule has 1 aliphatic heterocycles. The molecule has 0 radical (unpaired) electrons. The molecule has 0 spiro atoms. The van der Waals surface area contributed by atoms with E-state index in [1.807, 2.05) is 6.92 Å². The van der Waals surface area contributed by atoms with Crippen LogP contribution in [0.15, 0.2) is 29.2 Å². The number of piperidine rings is 1. The fourth-order valence-corrected chi connectivity index (χ4v) is 4.12. The highest BCUT2D eigenvalue weighted by molar-refractivity contribution is 7.89. The zero-order valence-electron chi connectivity index (χ0n) is 17.1. The summed E-state index contributed by atoms with van der Waals surface area (Å²) in [6, 6.07) is 5.99. The maximum absolute atomic E-state index is 12.3. The number of rotatable bonds is 10. The van der Waals surface area contributed by atoms with Gasteiger partial charge in [0.25, 0.3) is 5.91 Å². The van der Waals surface area contributed by atoms with Gasteiger partial charge in [0.15, 0.2) is 6.61 Å². The van der Waals surface area contributed by atoms with Crippen molar-refractivity contribution in [1.29, 1.82) is 0 Å². The van der Waals surface area contributed by atoms with Gasteiger partial charge in [-0.05, 0) is 50.5 Å². The van der Waals surface area contributed by atoms with Gasteiger partial charge in [0.1, 0.15) is 5.75 Å². The Labute approximate surface area is 172 Å². The number of unbranched alkanes of at least 4 members (excludes halogenated alkanes) is 1. The first-order chi connectivity index (χ1) is 13.9. The lowest BCUT2D eigenvalue weighted by Gasteiger charge is -2.30. The minimum atomic E-state index is -3.53. The summed E-state index contributed by atoms with van der Waals surface area (Å²) in [6.07, 6.45) is 2.85. The number of sulfonamides is 1. The predicted octanol–water partition coefficient (Wildman–Crippen LogP) is 1.95. The summed E-state index contributed by atoms with van der Waals surface area (Å²) < 4.78 is 37.4. The number of benzene rings is 1. The maximum atomic E-state index is 12.3. The molecule has 1 saturated heterocycles. The Morgan fingerprint density at radius 1 is 1.14 bits per heavy atom. The highest BCUT2D eigenvalue weighted by atomic mass is 32.2. The number of esters is 1. The van der Waals surface area contributed by atoms with Crippen molar-refractivity contribution < 1.29 is 27.5 Å². The molecule has 1 aliphatic rings. The summed E-state index contributed by atoms with van der Waals surface area (Å²) in [7, 11) is -3.53. The molecule has 0 saturated carbocycles. The second kappa shape index (κ2) is 11.2. The monoisotopic (exact) mass is 426 g/mol. The van der Waals surface area contributed by atoms with E-state index in [4.69, 9.17) is 9.47 Å². The minimum Gasteiger partial charge on any atom is -0.484 e. The molecule has 9 heteroatoms. The largest absolute Gasteiger partial charge is 0.484 e. The standard InChI is InChI=1S/C20H30N2O6S/c1-3-5-12-21-29(25,26)18-8-6-17(7-9-18)28-15-19(23)22-13-10-16(11-14-22)20(24)27-4-2/h6-9,16,21H,3-5,10-15H2,1-2H3. The zero-order chi connectivity index (χ0) is 21.3. The van der Waals surface area contributed by atoms with Crippen LogP contribution in [0, 0.1) is 5.92 Å². The van der Waals surface area contributed by atoms with E-state index in [-0.39, 0.29) is 29.3 Å². The van der Waals surface area contributed by atoms with E-state index in [0.717, 1.165) is 12.8 Å². The Bertz CT molecular complexity index is 771. The first-order valence-corrected chi connectivity index (χ1v) is 11.5. The van der Waals surface area contributed by atoms with E-state index in [9.17, 15) is 18.0 Å². The van der Waals surface area contributed by atoms with Crippen LogP contribution in [0.3, 0.4) is 0 Å². The van der Waals surface area contributed by atoms with E-state index >= 15 is 0 Å². The third-order valence-corrected chi connectivity index (χ3v) is 6.26. The van der Waals surface area contributed by atoms with Crippen molar-refractivity contribution in [2.75, 3.05) is 32.8 Å². The van der Waals surface area contributed by atoms with Crippen molar-refractivity contribution in [3.8, 4) is 5.75 Å². The number of carbonyl (C=O) groups excluding carboxylic acids is 2. The first kappa shape index (κ1) is 23.2. The molecule has 1 fully saturated rings. The quantitative estimate of drug-likeness (QED) is 0.453. The summed E-state index contributed by atoms with van der Waals surface area (Å²) in [6.45, 7) is 5.38. The lowest BCUT2D eigenvalue weighted by Crippen LogP contribution is -2.42. The molecule has 1 N–H and O–H groups in total. The van der Waals surface area contributed by atoms with Gasteiger partial charge in [-0.15, -0.1) is 0 Å². The van der Waals surface area contributed by atoms with Gasteiger partial charge in [0.2, 0.25) is 10.0 Å². The number of hydrogen-bond donors (Lipinski definition) is 1. The highest BCUT2D eigenvalue weighted by Gasteiger charge is 2.28. The van der Waals surface area contributed by atoms with Crippen LogP contribution in [0.5, 0.6) is 5.75 Å². The number of nitrogens with zero attached hydrogens (tertiary/aromatic N) is 1. The van der Waals surface area contributed by atoms with Gasteiger partial charge in [-0.1, -0.05) is 13.3 Å². The Morgan fingerprint density at radius 2 is 1.79 bits per heavy atom. The summed E-state index contributed by atoms with van der Waals surface area (Å²) in [5.74, 6) is -0.0899. The number of hydrogen-bond acceptors (Lipinski definition) is 6. The van der Waals surface area contributed by atoms with Crippen LogP contribution in [0.1, 0.15) is 39.5 Å². The fraction of sp³-hybridized carbons (Fsp3) is 0.600. The van der Waals surface area contributed by atoms with Crippen LogP contribution in [0.4, 0.5) is 0 Å². The molecule has 0 aromatic heterocycles. The van der Waals surface area contributed by atoms with Gasteiger partial charge < -0.3 is 14.4 Å². The fourth-order valence-electron chi connectivity index (χ4n) is 3.04. The number of amides is 1. The van der Waals surface area contributed by atoms with Crippen molar-refractivity contribution in [1.82, 2.24) is 9.62 Å². The summed E-state index contributed by atoms with van der Waals surface area (Å²) in [4.78, 5) is 25.9. The lowest BCUT2D eigenvalue weighted by molar-refractivity contribution is -0.151. The van der Waals surface area contributed by atoms with Gasteiger partial charge in [-0.25, -0.2) is 13.1 Å². The van der Waals surface area contributed by atoms with E-state index in [1.165, 1.54) is 24.3 Å². The molecule has 1 amide bonds. The van der Waals surface area contributed by atoms with Crippen LogP contribution < -0.4 is 9.46 Å². The van der Waals surface area contributed by atoms with Crippen LogP contribution in [0.2, 0.25) is 0 Å². The Hall–Kier alpha value is -2.13. The topological polar surface area (TPSA) is 102 Å². The normalized spacial score (nSPS) is 15.2. The maximum Gasteiger partial charge on any atom is 0.309 e. The molecule has 29 heavy (non-hydrogen) atoms. The summed E-state index contributed by atoms with van der Waals surface area (Å²) in [5.41, 5.74) is 0. The van der Waals surface area contributed by atoms with E-state index < -0.39 is 10.0 Å². The number of carbonyl (C=O) groups is 2. The summed E-state index contributed by atoms with van der Waals surface area (Å²) in [5, 5.41) is 0. The van der Waals surface area contributed by atoms with E-state index in [1.54, 1.807) is 11.8 Å². The molecule has 0 aliphatic carbocycles. The van der Waals surface area contributed by atoms with Crippen LogP contribution in [-0.4, -0.2) is 58.0 Å². The number of likely N-dealkylation sites (tertiary alicyclic amines) is 1. The lowest BCUT2D eigenvalue weighted by atomic mass is 9.97. The Balaban J connectivity index is 1.80. The molecule has 1 heterocycles. The second-order valence-electron chi connectivity index (χ2n) is 6.92. The van der Waals surface area contributed by atoms with Crippen molar-refractivity contribution in [3.05, 3.63) is 24.3 Å². The third kappa shape index (κ3) is 7.01. The van der Waals surface area contributed by atoms with E-state index in [2.05, 4.69) is 4.72 Å². The molecule has 0 bridgehead atoms. The van der Waals surface area contributed by atoms with Crippen LogP contribution in [-0.2, 0) is 24.3 Å². The second-order valence-corrected chi connectivity index (χ2v) is 8.69. The third-order valence-electron chi connectivity index (χ3n) is 4.79. The highest BCUT2D eigenvalue weighted by Crippen LogP contribution is 2.20. The van der Waals surface area contributed by atoms with Gasteiger partial charge in [-0.3, -0.25) is 9.59 Å². The molecular weight excluding hydrogens is 396 g/mol. The smallest absolute Gasteiger partial charge is 0.309 e. The molecule has 0 unspecified atom stereocenters. The number of ether oxygens (including phenoxy) is 2.